The Hall–Kier alpha value is -1.31. The van der Waals surface area contributed by atoms with Gasteiger partial charge in [0.1, 0.15) is 0 Å². The maximum absolute atomic E-state index is 10.7. The van der Waals surface area contributed by atoms with Crippen molar-refractivity contribution in [1.82, 2.24) is 0 Å². The molecule has 0 bridgehead atoms. The quantitative estimate of drug-likeness (QED) is 0.840. The van der Waals surface area contributed by atoms with Crippen molar-refractivity contribution in [3.8, 4) is 0 Å². The topological polar surface area (TPSA) is 37.3 Å². The molecule has 0 fully saturated rings. The molecule has 0 heterocycles. The molecule has 0 saturated carbocycles. The molecule has 1 aromatic carbocycles. The number of carboxylic acids is 1. The van der Waals surface area contributed by atoms with Gasteiger partial charge in [-0.2, -0.15) is 0 Å². The van der Waals surface area contributed by atoms with Crippen molar-refractivity contribution in [1.29, 1.82) is 0 Å². The summed E-state index contributed by atoms with van der Waals surface area (Å²) in [6.45, 7) is 8.31. The molecule has 88 valence electrons. The summed E-state index contributed by atoms with van der Waals surface area (Å²) in [4.78, 5) is 10.7. The van der Waals surface area contributed by atoms with Crippen LogP contribution < -0.4 is 0 Å². The van der Waals surface area contributed by atoms with Crippen molar-refractivity contribution < 1.29 is 9.90 Å². The Labute approximate surface area is 97.3 Å². The van der Waals surface area contributed by atoms with Gasteiger partial charge in [-0.3, -0.25) is 4.79 Å². The molecule has 0 amide bonds. The summed E-state index contributed by atoms with van der Waals surface area (Å²) >= 11 is 0. The fraction of sp³-hybridized carbons (Fsp3) is 0.500. The second-order valence-corrected chi connectivity index (χ2v) is 4.77. The van der Waals surface area contributed by atoms with Crippen molar-refractivity contribution in [2.75, 3.05) is 0 Å². The number of carbonyl (C=O) groups is 1. The van der Waals surface area contributed by atoms with Crippen LogP contribution in [0.5, 0.6) is 0 Å². The molecule has 1 rings (SSSR count). The molecule has 0 aliphatic rings. The fourth-order valence-corrected chi connectivity index (χ4v) is 1.92. The van der Waals surface area contributed by atoms with Crippen LogP contribution in [0, 0.1) is 6.92 Å². The molecule has 2 heteroatoms. The number of rotatable bonds is 4. The van der Waals surface area contributed by atoms with Gasteiger partial charge in [-0.1, -0.05) is 39.0 Å². The summed E-state index contributed by atoms with van der Waals surface area (Å²) in [7, 11) is 0. The summed E-state index contributed by atoms with van der Waals surface area (Å²) in [6.07, 6.45) is 0.197. The molecule has 1 N–H and O–H groups in total. The third-order valence-electron chi connectivity index (χ3n) is 2.98. The zero-order valence-electron chi connectivity index (χ0n) is 10.4. The molecule has 1 aromatic rings. The van der Waals surface area contributed by atoms with Crippen LogP contribution in [0.3, 0.4) is 0 Å². The molecule has 0 saturated heterocycles. The number of benzene rings is 1. The van der Waals surface area contributed by atoms with E-state index in [9.17, 15) is 4.79 Å². The van der Waals surface area contributed by atoms with E-state index in [1.807, 2.05) is 13.8 Å². The van der Waals surface area contributed by atoms with E-state index in [-0.39, 0.29) is 12.3 Å². The first-order chi connectivity index (χ1) is 7.41. The van der Waals surface area contributed by atoms with Gasteiger partial charge < -0.3 is 5.11 Å². The van der Waals surface area contributed by atoms with E-state index in [1.165, 1.54) is 11.1 Å². The van der Waals surface area contributed by atoms with Gasteiger partial charge in [-0.25, -0.2) is 0 Å². The zero-order chi connectivity index (χ0) is 12.3. The Morgan fingerprint density at radius 1 is 1.31 bits per heavy atom. The highest BCUT2D eigenvalue weighted by molar-refractivity contribution is 5.68. The molecular formula is C14H20O2. The molecule has 1 unspecified atom stereocenters. The smallest absolute Gasteiger partial charge is 0.303 e. The van der Waals surface area contributed by atoms with E-state index in [1.54, 1.807) is 0 Å². The summed E-state index contributed by atoms with van der Waals surface area (Å²) in [5.41, 5.74) is 3.62. The van der Waals surface area contributed by atoms with E-state index in [0.29, 0.717) is 5.92 Å². The molecule has 0 aliphatic heterocycles. The molecule has 0 aromatic heterocycles. The molecule has 16 heavy (non-hydrogen) atoms. The Morgan fingerprint density at radius 2 is 1.94 bits per heavy atom. The largest absolute Gasteiger partial charge is 0.481 e. The summed E-state index contributed by atoms with van der Waals surface area (Å²) < 4.78 is 0. The maximum Gasteiger partial charge on any atom is 0.303 e. The Balaban J connectivity index is 3.01. The van der Waals surface area contributed by atoms with Gasteiger partial charge >= 0.3 is 5.97 Å². The monoisotopic (exact) mass is 220 g/mol. The Kier molecular flexibility index (Phi) is 4.11. The van der Waals surface area contributed by atoms with Crippen molar-refractivity contribution in [3.63, 3.8) is 0 Å². The van der Waals surface area contributed by atoms with Crippen LogP contribution in [-0.2, 0) is 4.79 Å². The minimum atomic E-state index is -0.734. The maximum atomic E-state index is 10.7. The van der Waals surface area contributed by atoms with Gasteiger partial charge in [0.15, 0.2) is 0 Å². The lowest BCUT2D eigenvalue weighted by atomic mass is 9.90. The average Bonchev–Trinajstić information content (AvgIpc) is 2.16. The lowest BCUT2D eigenvalue weighted by molar-refractivity contribution is -0.137. The van der Waals surface area contributed by atoms with Crippen LogP contribution >= 0.6 is 0 Å². The second kappa shape index (κ2) is 5.15. The molecule has 0 spiro atoms. The van der Waals surface area contributed by atoms with Crippen molar-refractivity contribution in [3.05, 3.63) is 34.9 Å². The number of carboxylic acid groups (broad SMARTS) is 1. The summed E-state index contributed by atoms with van der Waals surface area (Å²) in [5.74, 6) is -0.172. The lowest BCUT2D eigenvalue weighted by Crippen LogP contribution is -2.05. The minimum Gasteiger partial charge on any atom is -0.481 e. The number of hydrogen-bond acceptors (Lipinski definition) is 1. The normalized spacial score (nSPS) is 12.8. The van der Waals surface area contributed by atoms with Crippen LogP contribution in [0.1, 0.15) is 55.7 Å². The highest BCUT2D eigenvalue weighted by Gasteiger charge is 2.13. The molecule has 1 atom stereocenters. The Bertz CT molecular complexity index is 380. The predicted molar refractivity (Wildman–Crippen MR) is 65.9 cm³/mol. The first kappa shape index (κ1) is 12.8. The summed E-state index contributed by atoms with van der Waals surface area (Å²) in [5, 5.41) is 8.81. The average molecular weight is 220 g/mol. The third-order valence-corrected chi connectivity index (χ3v) is 2.98. The van der Waals surface area contributed by atoms with Crippen LogP contribution in [0.25, 0.3) is 0 Å². The second-order valence-electron chi connectivity index (χ2n) is 4.77. The van der Waals surface area contributed by atoms with Crippen LogP contribution in [0.2, 0.25) is 0 Å². The lowest BCUT2D eigenvalue weighted by Gasteiger charge is -2.15. The molecule has 2 nitrogen and oxygen atoms in total. The van der Waals surface area contributed by atoms with E-state index < -0.39 is 5.97 Å². The number of aryl methyl sites for hydroxylation is 1. The van der Waals surface area contributed by atoms with Crippen molar-refractivity contribution >= 4 is 5.97 Å². The zero-order valence-corrected chi connectivity index (χ0v) is 10.4. The van der Waals surface area contributed by atoms with Crippen LogP contribution in [0.15, 0.2) is 18.2 Å². The van der Waals surface area contributed by atoms with E-state index in [2.05, 4.69) is 32.0 Å². The summed E-state index contributed by atoms with van der Waals surface area (Å²) in [6, 6.07) is 6.35. The highest BCUT2D eigenvalue weighted by atomic mass is 16.4. The van der Waals surface area contributed by atoms with Crippen molar-refractivity contribution in [2.45, 2.75) is 46.0 Å². The molecular weight excluding hydrogens is 200 g/mol. The van der Waals surface area contributed by atoms with Crippen molar-refractivity contribution in [2.24, 2.45) is 0 Å². The van der Waals surface area contributed by atoms with E-state index in [4.69, 9.17) is 5.11 Å². The Morgan fingerprint density at radius 3 is 2.44 bits per heavy atom. The predicted octanol–water partition coefficient (Wildman–Crippen LogP) is 3.70. The van der Waals surface area contributed by atoms with Crippen LogP contribution in [-0.4, -0.2) is 11.1 Å². The van der Waals surface area contributed by atoms with Gasteiger partial charge in [0.25, 0.3) is 0 Å². The van der Waals surface area contributed by atoms with E-state index in [0.717, 1.165) is 5.56 Å². The van der Waals surface area contributed by atoms with Gasteiger partial charge in [0, 0.05) is 0 Å². The number of hydrogen-bond donors (Lipinski definition) is 1. The van der Waals surface area contributed by atoms with Crippen LogP contribution in [0.4, 0.5) is 0 Å². The third kappa shape index (κ3) is 3.09. The van der Waals surface area contributed by atoms with Gasteiger partial charge in [0.05, 0.1) is 6.42 Å². The van der Waals surface area contributed by atoms with Gasteiger partial charge in [-0.15, -0.1) is 0 Å². The fourth-order valence-electron chi connectivity index (χ4n) is 1.92. The highest BCUT2D eigenvalue weighted by Crippen LogP contribution is 2.26. The molecule has 0 radical (unpaired) electrons. The van der Waals surface area contributed by atoms with E-state index >= 15 is 0 Å². The SMILES string of the molecule is Cc1ccc(C(C)C)cc1C(C)CC(=O)O. The van der Waals surface area contributed by atoms with Gasteiger partial charge in [-0.05, 0) is 35.4 Å². The minimum absolute atomic E-state index is 0.0798. The standard InChI is InChI=1S/C14H20O2/c1-9(2)12-6-5-10(3)13(8-12)11(4)7-14(15)16/h5-6,8-9,11H,7H2,1-4H3,(H,15,16). The first-order valence-corrected chi connectivity index (χ1v) is 5.74. The van der Waals surface area contributed by atoms with Gasteiger partial charge in [0.2, 0.25) is 0 Å². The number of aliphatic carboxylic acids is 1. The molecule has 0 aliphatic carbocycles. The first-order valence-electron chi connectivity index (χ1n) is 5.74.